The van der Waals surface area contributed by atoms with Crippen molar-refractivity contribution < 1.29 is 9.90 Å². The van der Waals surface area contributed by atoms with Gasteiger partial charge in [0.05, 0.1) is 16.3 Å². The zero-order chi connectivity index (χ0) is 29.8. The SMILES string of the molecule is CC(C)c1cc(C(=O)Nc2ccc(Nc3nc(N4CCCCC4)nc(N4CCCCC4)n3)cc2Cl)c(O)c(C(C)C)c1. The number of hydrogen-bond acceptors (Lipinski definition) is 8. The van der Waals surface area contributed by atoms with Gasteiger partial charge in [0.15, 0.2) is 0 Å². The fourth-order valence-electron chi connectivity index (χ4n) is 5.52. The van der Waals surface area contributed by atoms with Crippen molar-refractivity contribution in [1.82, 2.24) is 15.0 Å². The largest absolute Gasteiger partial charge is 0.507 e. The lowest BCUT2D eigenvalue weighted by Crippen LogP contribution is -2.34. The fraction of sp³-hybridized carbons (Fsp3) is 0.500. The second-order valence-electron chi connectivity index (χ2n) is 11.9. The maximum Gasteiger partial charge on any atom is 0.259 e. The number of phenols is 1. The summed E-state index contributed by atoms with van der Waals surface area (Å²) >= 11 is 6.65. The zero-order valence-corrected chi connectivity index (χ0v) is 25.8. The highest BCUT2D eigenvalue weighted by Gasteiger charge is 2.22. The highest BCUT2D eigenvalue weighted by Crippen LogP contribution is 2.35. The van der Waals surface area contributed by atoms with Crippen molar-refractivity contribution >= 4 is 46.7 Å². The quantitative estimate of drug-likeness (QED) is 0.248. The molecular formula is C32H42ClN7O2. The van der Waals surface area contributed by atoms with Gasteiger partial charge in [-0.1, -0.05) is 45.4 Å². The molecule has 2 aliphatic heterocycles. The summed E-state index contributed by atoms with van der Waals surface area (Å²) in [7, 11) is 0. The van der Waals surface area contributed by atoms with E-state index in [0.29, 0.717) is 34.2 Å². The molecule has 1 aromatic heterocycles. The summed E-state index contributed by atoms with van der Waals surface area (Å²) in [5, 5.41) is 17.4. The molecule has 3 heterocycles. The maximum absolute atomic E-state index is 13.3. The molecule has 0 saturated carbocycles. The van der Waals surface area contributed by atoms with E-state index in [0.717, 1.165) is 63.0 Å². The summed E-state index contributed by atoms with van der Waals surface area (Å²) in [6.45, 7) is 11.9. The third-order valence-electron chi connectivity index (χ3n) is 8.06. The molecule has 0 aliphatic carbocycles. The molecule has 42 heavy (non-hydrogen) atoms. The Bertz CT molecular complexity index is 1380. The van der Waals surface area contributed by atoms with E-state index < -0.39 is 5.91 Å². The highest BCUT2D eigenvalue weighted by atomic mass is 35.5. The van der Waals surface area contributed by atoms with E-state index in [1.165, 1.54) is 12.8 Å². The molecule has 10 heteroatoms. The molecule has 2 fully saturated rings. The van der Waals surface area contributed by atoms with Gasteiger partial charge in [0.25, 0.3) is 5.91 Å². The number of amides is 1. The van der Waals surface area contributed by atoms with Gasteiger partial charge in [-0.2, -0.15) is 15.0 Å². The van der Waals surface area contributed by atoms with E-state index in [1.54, 1.807) is 18.2 Å². The molecule has 224 valence electrons. The molecule has 0 spiro atoms. The lowest BCUT2D eigenvalue weighted by atomic mass is 9.91. The van der Waals surface area contributed by atoms with Crippen molar-refractivity contribution in [3.63, 3.8) is 0 Å². The predicted molar refractivity (Wildman–Crippen MR) is 171 cm³/mol. The molecule has 9 nitrogen and oxygen atoms in total. The number of aromatic hydroxyl groups is 1. The molecule has 0 unspecified atom stereocenters. The van der Waals surface area contributed by atoms with Gasteiger partial charge in [-0.05, 0) is 85.8 Å². The van der Waals surface area contributed by atoms with E-state index in [4.69, 9.17) is 26.6 Å². The van der Waals surface area contributed by atoms with Crippen LogP contribution in [0.3, 0.4) is 0 Å². The molecule has 3 aromatic rings. The van der Waals surface area contributed by atoms with Crippen molar-refractivity contribution in [2.45, 2.75) is 78.1 Å². The Balaban J connectivity index is 1.37. The number of nitrogens with one attached hydrogen (secondary N) is 2. The van der Waals surface area contributed by atoms with Crippen molar-refractivity contribution in [2.75, 3.05) is 46.6 Å². The summed E-state index contributed by atoms with van der Waals surface area (Å²) in [5.74, 6) is 1.75. The number of carbonyl (C=O) groups is 1. The van der Waals surface area contributed by atoms with E-state index in [1.807, 2.05) is 26.0 Å². The Labute approximate surface area is 253 Å². The van der Waals surface area contributed by atoms with Gasteiger partial charge >= 0.3 is 0 Å². The van der Waals surface area contributed by atoms with Crippen LogP contribution in [0.15, 0.2) is 30.3 Å². The summed E-state index contributed by atoms with van der Waals surface area (Å²) < 4.78 is 0. The number of halogens is 1. The van der Waals surface area contributed by atoms with Crippen LogP contribution in [0.2, 0.25) is 5.02 Å². The van der Waals surface area contributed by atoms with Crippen LogP contribution in [0.5, 0.6) is 5.75 Å². The third kappa shape index (κ3) is 6.89. The lowest BCUT2D eigenvalue weighted by molar-refractivity contribution is 0.102. The summed E-state index contributed by atoms with van der Waals surface area (Å²) in [5.41, 5.74) is 3.14. The van der Waals surface area contributed by atoms with Crippen LogP contribution in [0.1, 0.15) is 99.5 Å². The molecule has 2 aliphatic rings. The molecule has 1 amide bonds. The Morgan fingerprint density at radius 2 is 1.43 bits per heavy atom. The second-order valence-corrected chi connectivity index (χ2v) is 12.4. The van der Waals surface area contributed by atoms with Crippen LogP contribution in [0, 0.1) is 0 Å². The van der Waals surface area contributed by atoms with E-state index in [-0.39, 0.29) is 23.1 Å². The number of phenolic OH excluding ortho intramolecular Hbond substituents is 1. The minimum Gasteiger partial charge on any atom is -0.507 e. The number of piperidine rings is 2. The van der Waals surface area contributed by atoms with Crippen molar-refractivity contribution in [2.24, 2.45) is 0 Å². The number of carbonyl (C=O) groups excluding carboxylic acids is 1. The first kappa shape index (κ1) is 29.9. The van der Waals surface area contributed by atoms with Crippen LogP contribution in [-0.4, -0.2) is 52.1 Å². The number of aromatic nitrogens is 3. The Morgan fingerprint density at radius 3 is 1.95 bits per heavy atom. The number of hydrogen-bond donors (Lipinski definition) is 3. The van der Waals surface area contributed by atoms with E-state index in [2.05, 4.69) is 34.3 Å². The summed E-state index contributed by atoms with van der Waals surface area (Å²) in [6, 6.07) is 9.05. The topological polar surface area (TPSA) is 107 Å². The van der Waals surface area contributed by atoms with Gasteiger partial charge < -0.3 is 25.5 Å². The van der Waals surface area contributed by atoms with Crippen LogP contribution in [0.25, 0.3) is 0 Å². The third-order valence-corrected chi connectivity index (χ3v) is 8.37. The number of benzene rings is 2. The molecular weight excluding hydrogens is 550 g/mol. The predicted octanol–water partition coefficient (Wildman–Crippen LogP) is 7.45. The molecule has 2 saturated heterocycles. The maximum atomic E-state index is 13.3. The van der Waals surface area contributed by atoms with Crippen LogP contribution >= 0.6 is 11.6 Å². The minimum atomic E-state index is -0.408. The molecule has 5 rings (SSSR count). The fourth-order valence-corrected chi connectivity index (χ4v) is 5.75. The number of nitrogens with zero attached hydrogens (tertiary/aromatic N) is 5. The Kier molecular flexibility index (Phi) is 9.36. The van der Waals surface area contributed by atoms with Gasteiger partial charge in [-0.15, -0.1) is 0 Å². The molecule has 2 aromatic carbocycles. The first-order chi connectivity index (χ1) is 20.2. The van der Waals surface area contributed by atoms with E-state index in [9.17, 15) is 9.90 Å². The zero-order valence-electron chi connectivity index (χ0n) is 25.1. The summed E-state index contributed by atoms with van der Waals surface area (Å²) in [6.07, 6.45) is 7.00. The molecule has 3 N–H and O–H groups in total. The number of anilines is 5. The smallest absolute Gasteiger partial charge is 0.259 e. The first-order valence-corrected chi connectivity index (χ1v) is 15.6. The van der Waals surface area contributed by atoms with Crippen LogP contribution in [-0.2, 0) is 0 Å². The Hall–Kier alpha value is -3.59. The molecule has 0 radical (unpaired) electrons. The second kappa shape index (κ2) is 13.2. The van der Waals surface area contributed by atoms with Crippen LogP contribution in [0.4, 0.5) is 29.2 Å². The van der Waals surface area contributed by atoms with Gasteiger partial charge in [-0.3, -0.25) is 4.79 Å². The summed E-state index contributed by atoms with van der Waals surface area (Å²) in [4.78, 5) is 32.2. The first-order valence-electron chi connectivity index (χ1n) is 15.2. The average molecular weight is 592 g/mol. The van der Waals surface area contributed by atoms with Crippen molar-refractivity contribution in [3.8, 4) is 5.75 Å². The molecule has 0 atom stereocenters. The Morgan fingerprint density at radius 1 is 0.833 bits per heavy atom. The van der Waals surface area contributed by atoms with Gasteiger partial charge in [0.1, 0.15) is 5.75 Å². The lowest BCUT2D eigenvalue weighted by Gasteiger charge is -2.30. The number of rotatable bonds is 8. The minimum absolute atomic E-state index is 0.00478. The normalized spacial score (nSPS) is 15.8. The standard InChI is InChI=1S/C32H42ClN7O2/c1-20(2)22-17-24(21(3)4)28(41)25(18-22)29(42)35-27-12-11-23(19-26(27)33)34-30-36-31(39-13-7-5-8-14-39)38-32(37-30)40-15-9-6-10-16-40/h11-12,17-21,41H,5-10,13-16H2,1-4H3,(H,35,42)(H,34,36,37,38). The van der Waals surface area contributed by atoms with E-state index >= 15 is 0 Å². The van der Waals surface area contributed by atoms with Crippen LogP contribution < -0.4 is 20.4 Å². The highest BCUT2D eigenvalue weighted by molar-refractivity contribution is 6.34. The van der Waals surface area contributed by atoms with Gasteiger partial charge in [0, 0.05) is 31.9 Å². The van der Waals surface area contributed by atoms with Gasteiger partial charge in [-0.25, -0.2) is 0 Å². The van der Waals surface area contributed by atoms with Crippen molar-refractivity contribution in [3.05, 3.63) is 52.0 Å². The van der Waals surface area contributed by atoms with Gasteiger partial charge in [0.2, 0.25) is 17.8 Å². The molecule has 0 bridgehead atoms. The monoisotopic (exact) mass is 591 g/mol. The average Bonchev–Trinajstić information content (AvgIpc) is 2.99. The van der Waals surface area contributed by atoms with Crippen molar-refractivity contribution in [1.29, 1.82) is 0 Å².